The van der Waals surface area contributed by atoms with Gasteiger partial charge in [0.25, 0.3) is 5.91 Å². The van der Waals surface area contributed by atoms with E-state index in [0.29, 0.717) is 37.6 Å². The van der Waals surface area contributed by atoms with Crippen molar-refractivity contribution in [3.8, 4) is 5.75 Å². The Hall–Kier alpha value is -3.16. The van der Waals surface area contributed by atoms with E-state index >= 15 is 0 Å². The van der Waals surface area contributed by atoms with Gasteiger partial charge >= 0.3 is 0 Å². The number of hydrogen-bond donors (Lipinski definition) is 3. The molecular formula is C24H29N3O4. The topological polar surface area (TPSA) is 92.2 Å². The normalized spacial score (nSPS) is 19.9. The fourth-order valence-corrected chi connectivity index (χ4v) is 3.33. The largest absolute Gasteiger partial charge is 0.494 e. The fraction of sp³-hybridized carbons (Fsp3) is 0.333. The highest BCUT2D eigenvalue weighted by atomic mass is 16.5. The molecule has 0 saturated carbocycles. The number of hydrazine groups is 1. The van der Waals surface area contributed by atoms with Crippen LogP contribution in [-0.4, -0.2) is 41.8 Å². The van der Waals surface area contributed by atoms with Crippen LogP contribution in [-0.2, 0) is 16.1 Å². The summed E-state index contributed by atoms with van der Waals surface area (Å²) in [5, 5.41) is 8.85. The molecule has 0 spiro atoms. The zero-order chi connectivity index (χ0) is 22.1. The SMILES string of the molecule is C=CC[C@]1(C(=O)NNCc2ccccc2)N=C(c2ccc(OCCCO)cc2)O[C@H]1C. The van der Waals surface area contributed by atoms with Crippen LogP contribution in [0.5, 0.6) is 5.75 Å². The lowest BCUT2D eigenvalue weighted by atomic mass is 9.90. The van der Waals surface area contributed by atoms with Crippen molar-refractivity contribution in [1.82, 2.24) is 10.9 Å². The molecular weight excluding hydrogens is 394 g/mol. The quantitative estimate of drug-likeness (QED) is 0.294. The number of carbonyl (C=O) groups is 1. The van der Waals surface area contributed by atoms with Gasteiger partial charge < -0.3 is 14.6 Å². The Morgan fingerprint density at radius 2 is 2.00 bits per heavy atom. The number of aliphatic hydroxyl groups is 1. The predicted molar refractivity (Wildman–Crippen MR) is 120 cm³/mol. The third kappa shape index (κ3) is 5.51. The van der Waals surface area contributed by atoms with Gasteiger partial charge in [-0.3, -0.25) is 10.2 Å². The number of hydrogen-bond acceptors (Lipinski definition) is 6. The van der Waals surface area contributed by atoms with Gasteiger partial charge in [-0.05, 0) is 36.8 Å². The van der Waals surface area contributed by atoms with Crippen molar-refractivity contribution in [2.45, 2.75) is 38.0 Å². The molecule has 2 aromatic rings. The van der Waals surface area contributed by atoms with Crippen LogP contribution in [0.1, 0.15) is 30.9 Å². The molecule has 7 nitrogen and oxygen atoms in total. The first-order valence-corrected chi connectivity index (χ1v) is 10.4. The molecule has 2 aromatic carbocycles. The minimum Gasteiger partial charge on any atom is -0.494 e. The Balaban J connectivity index is 1.70. The summed E-state index contributed by atoms with van der Waals surface area (Å²) in [6.45, 7) is 6.67. The van der Waals surface area contributed by atoms with E-state index in [0.717, 1.165) is 11.1 Å². The molecule has 0 radical (unpaired) electrons. The van der Waals surface area contributed by atoms with Gasteiger partial charge in [-0.25, -0.2) is 10.4 Å². The molecule has 0 fully saturated rings. The highest BCUT2D eigenvalue weighted by Crippen LogP contribution is 2.32. The van der Waals surface area contributed by atoms with Crippen molar-refractivity contribution in [1.29, 1.82) is 0 Å². The molecule has 164 valence electrons. The van der Waals surface area contributed by atoms with E-state index in [1.54, 1.807) is 6.08 Å². The molecule has 31 heavy (non-hydrogen) atoms. The predicted octanol–water partition coefficient (Wildman–Crippen LogP) is 2.75. The molecule has 1 aliphatic heterocycles. The third-order valence-corrected chi connectivity index (χ3v) is 5.12. The molecule has 1 amide bonds. The van der Waals surface area contributed by atoms with Crippen molar-refractivity contribution >= 4 is 11.8 Å². The second-order valence-corrected chi connectivity index (χ2v) is 7.34. The van der Waals surface area contributed by atoms with Crippen LogP contribution in [0.25, 0.3) is 0 Å². The van der Waals surface area contributed by atoms with Gasteiger partial charge in [0.1, 0.15) is 11.9 Å². The maximum Gasteiger partial charge on any atom is 0.266 e. The van der Waals surface area contributed by atoms with Gasteiger partial charge in [0.2, 0.25) is 5.90 Å². The Morgan fingerprint density at radius 1 is 1.26 bits per heavy atom. The summed E-state index contributed by atoms with van der Waals surface area (Å²) in [5.41, 5.74) is 6.47. The molecule has 0 unspecified atom stereocenters. The van der Waals surface area contributed by atoms with Crippen LogP contribution < -0.4 is 15.6 Å². The van der Waals surface area contributed by atoms with Crippen LogP contribution in [0.15, 0.2) is 72.2 Å². The molecule has 0 aliphatic carbocycles. The minimum absolute atomic E-state index is 0.0915. The lowest BCUT2D eigenvalue weighted by Crippen LogP contribution is -2.54. The summed E-state index contributed by atoms with van der Waals surface area (Å²) < 4.78 is 11.5. The first-order chi connectivity index (χ1) is 15.1. The summed E-state index contributed by atoms with van der Waals surface area (Å²) in [7, 11) is 0. The van der Waals surface area contributed by atoms with Gasteiger partial charge in [-0.2, -0.15) is 0 Å². The Morgan fingerprint density at radius 3 is 2.68 bits per heavy atom. The molecule has 3 N–H and O–H groups in total. The van der Waals surface area contributed by atoms with Crippen molar-refractivity contribution in [3.05, 3.63) is 78.4 Å². The molecule has 1 aliphatic rings. The maximum absolute atomic E-state index is 13.1. The highest BCUT2D eigenvalue weighted by molar-refractivity contribution is 6.00. The van der Waals surface area contributed by atoms with Crippen molar-refractivity contribution < 1.29 is 19.4 Å². The summed E-state index contributed by atoms with van der Waals surface area (Å²) in [6, 6.07) is 17.1. The molecule has 7 heteroatoms. The molecule has 2 atom stereocenters. The first-order valence-electron chi connectivity index (χ1n) is 10.4. The standard InChI is InChI=1S/C24H29N3O4/c1-3-14-24(23(29)27-25-17-19-8-5-4-6-9-19)18(2)31-22(26-24)20-10-12-21(13-11-20)30-16-7-15-28/h3-6,8-13,18,25,28H,1,7,14-17H2,2H3,(H,27,29)/t18-,24-/m0/s1. The van der Waals surface area contributed by atoms with Crippen LogP contribution in [0.3, 0.4) is 0 Å². The average Bonchev–Trinajstić information content (AvgIpc) is 3.12. The summed E-state index contributed by atoms with van der Waals surface area (Å²) in [6.07, 6.45) is 2.15. The van der Waals surface area contributed by atoms with Gasteiger partial charge in [0, 0.05) is 31.6 Å². The monoisotopic (exact) mass is 423 g/mol. The lowest BCUT2D eigenvalue weighted by Gasteiger charge is -2.26. The molecule has 0 aromatic heterocycles. The van der Waals surface area contributed by atoms with Gasteiger partial charge in [-0.1, -0.05) is 36.4 Å². The summed E-state index contributed by atoms with van der Waals surface area (Å²) in [5.74, 6) is 0.841. The summed E-state index contributed by atoms with van der Waals surface area (Å²) in [4.78, 5) is 17.8. The van der Waals surface area contributed by atoms with Crippen LogP contribution in [0.4, 0.5) is 0 Å². The fourth-order valence-electron chi connectivity index (χ4n) is 3.33. The van der Waals surface area contributed by atoms with Crippen LogP contribution >= 0.6 is 0 Å². The van der Waals surface area contributed by atoms with Crippen molar-refractivity contribution in [2.24, 2.45) is 4.99 Å². The number of carbonyl (C=O) groups excluding carboxylic acids is 1. The highest BCUT2D eigenvalue weighted by Gasteiger charge is 2.49. The van der Waals surface area contributed by atoms with E-state index in [1.165, 1.54) is 0 Å². The Bertz CT molecular complexity index is 899. The number of benzene rings is 2. The molecule has 1 heterocycles. The van der Waals surface area contributed by atoms with E-state index in [4.69, 9.17) is 14.6 Å². The smallest absolute Gasteiger partial charge is 0.266 e. The second kappa shape index (κ2) is 10.7. The first kappa shape index (κ1) is 22.5. The van der Waals surface area contributed by atoms with E-state index in [1.807, 2.05) is 61.5 Å². The average molecular weight is 424 g/mol. The number of aliphatic imine (C=N–C) groups is 1. The Labute approximate surface area is 182 Å². The van der Waals surface area contributed by atoms with Crippen molar-refractivity contribution in [3.63, 3.8) is 0 Å². The van der Waals surface area contributed by atoms with E-state index in [2.05, 4.69) is 22.4 Å². The number of amides is 1. The van der Waals surface area contributed by atoms with Crippen molar-refractivity contribution in [2.75, 3.05) is 13.2 Å². The molecule has 0 saturated heterocycles. The zero-order valence-corrected chi connectivity index (χ0v) is 17.7. The van der Waals surface area contributed by atoms with Gasteiger partial charge in [0.15, 0.2) is 5.54 Å². The number of ether oxygens (including phenoxy) is 2. The number of rotatable bonds is 11. The molecule has 3 rings (SSSR count). The van der Waals surface area contributed by atoms with Crippen LogP contribution in [0, 0.1) is 0 Å². The van der Waals surface area contributed by atoms with Crippen LogP contribution in [0.2, 0.25) is 0 Å². The maximum atomic E-state index is 13.1. The summed E-state index contributed by atoms with van der Waals surface area (Å²) >= 11 is 0. The number of aliphatic hydroxyl groups excluding tert-OH is 1. The van der Waals surface area contributed by atoms with Gasteiger partial charge in [0.05, 0.1) is 6.61 Å². The van der Waals surface area contributed by atoms with E-state index < -0.39 is 11.6 Å². The molecule has 0 bridgehead atoms. The van der Waals surface area contributed by atoms with E-state index in [9.17, 15) is 4.79 Å². The zero-order valence-electron chi connectivity index (χ0n) is 17.7. The Kier molecular flexibility index (Phi) is 7.81. The second-order valence-electron chi connectivity index (χ2n) is 7.34. The number of nitrogens with one attached hydrogen (secondary N) is 2. The van der Waals surface area contributed by atoms with E-state index in [-0.39, 0.29) is 12.5 Å². The number of nitrogens with zero attached hydrogens (tertiary/aromatic N) is 1. The lowest BCUT2D eigenvalue weighted by molar-refractivity contribution is -0.129. The van der Waals surface area contributed by atoms with Gasteiger partial charge in [-0.15, -0.1) is 6.58 Å². The third-order valence-electron chi connectivity index (χ3n) is 5.12. The minimum atomic E-state index is -1.10.